The monoisotopic (exact) mass is 382 g/mol. The van der Waals surface area contributed by atoms with Gasteiger partial charge in [0.2, 0.25) is 0 Å². The van der Waals surface area contributed by atoms with Crippen molar-refractivity contribution in [1.29, 1.82) is 0 Å². The smallest absolute Gasteiger partial charge is 0.283 e. The van der Waals surface area contributed by atoms with Crippen LogP contribution in [-0.4, -0.2) is 22.9 Å². The second kappa shape index (κ2) is 9.15. The third kappa shape index (κ3) is 4.63. The molecule has 28 heavy (non-hydrogen) atoms. The van der Waals surface area contributed by atoms with E-state index in [0.29, 0.717) is 0 Å². The van der Waals surface area contributed by atoms with Crippen LogP contribution < -0.4 is 4.90 Å². The van der Waals surface area contributed by atoms with Crippen molar-refractivity contribution in [3.63, 3.8) is 0 Å². The van der Waals surface area contributed by atoms with Gasteiger partial charge in [-0.05, 0) is 43.2 Å². The molecule has 0 spiro atoms. The number of anilines is 1. The Morgan fingerprint density at radius 1 is 1.07 bits per heavy atom. The number of nitro benzene ring substituents is 2. The summed E-state index contributed by atoms with van der Waals surface area (Å²) in [4.78, 5) is 25.6. The van der Waals surface area contributed by atoms with Gasteiger partial charge < -0.3 is 4.90 Å². The fraction of sp³-hybridized carbons (Fsp3) is 0.222. The third-order valence-electron chi connectivity index (χ3n) is 4.15. The van der Waals surface area contributed by atoms with E-state index in [-0.39, 0.29) is 11.3 Å². The van der Waals surface area contributed by atoms with E-state index in [4.69, 9.17) is 5.53 Å². The van der Waals surface area contributed by atoms with E-state index in [2.05, 4.69) is 28.8 Å². The zero-order valence-electron chi connectivity index (χ0n) is 15.3. The fourth-order valence-corrected chi connectivity index (χ4v) is 2.73. The van der Waals surface area contributed by atoms with Crippen molar-refractivity contribution in [3.8, 4) is 0 Å². The summed E-state index contributed by atoms with van der Waals surface area (Å²) >= 11 is 0. The molecule has 0 heterocycles. The second-order valence-corrected chi connectivity index (χ2v) is 5.70. The number of benzene rings is 2. The molecule has 0 aliphatic carbocycles. The van der Waals surface area contributed by atoms with Crippen LogP contribution in [0.4, 0.5) is 22.7 Å². The van der Waals surface area contributed by atoms with Crippen LogP contribution in [-0.2, 0) is 0 Å². The maximum Gasteiger partial charge on any atom is 0.283 e. The van der Waals surface area contributed by atoms with Crippen molar-refractivity contribution in [2.75, 3.05) is 18.0 Å². The molecule has 2 aromatic rings. The Hall–Kier alpha value is -3.91. The lowest BCUT2D eigenvalue weighted by Gasteiger charge is -2.20. The van der Waals surface area contributed by atoms with Crippen molar-refractivity contribution in [2.24, 2.45) is 5.11 Å². The van der Waals surface area contributed by atoms with E-state index in [9.17, 15) is 20.2 Å². The van der Waals surface area contributed by atoms with Gasteiger partial charge in [0, 0.05) is 29.8 Å². The number of nitro groups is 2. The Morgan fingerprint density at radius 3 is 2.21 bits per heavy atom. The summed E-state index contributed by atoms with van der Waals surface area (Å²) in [5, 5.41) is 25.7. The van der Waals surface area contributed by atoms with Gasteiger partial charge in [0.15, 0.2) is 0 Å². The average molecular weight is 382 g/mol. The zero-order chi connectivity index (χ0) is 20.7. The van der Waals surface area contributed by atoms with Gasteiger partial charge in [-0.1, -0.05) is 23.3 Å². The van der Waals surface area contributed by atoms with Crippen molar-refractivity contribution >= 4 is 34.9 Å². The Morgan fingerprint density at radius 2 is 1.71 bits per heavy atom. The molecule has 0 N–H and O–H groups in total. The minimum atomic E-state index is -0.775. The van der Waals surface area contributed by atoms with E-state index in [1.807, 2.05) is 24.3 Å². The van der Waals surface area contributed by atoms with E-state index in [1.54, 1.807) is 6.08 Å². The van der Waals surface area contributed by atoms with E-state index in [1.165, 1.54) is 6.08 Å². The molecular formula is C18H18N6O4. The largest absolute Gasteiger partial charge is 0.372 e. The van der Waals surface area contributed by atoms with Gasteiger partial charge in [-0.3, -0.25) is 20.2 Å². The van der Waals surface area contributed by atoms with Gasteiger partial charge in [0.05, 0.1) is 27.2 Å². The highest BCUT2D eigenvalue weighted by molar-refractivity contribution is 5.82. The summed E-state index contributed by atoms with van der Waals surface area (Å²) < 4.78 is 0. The molecule has 2 rings (SSSR count). The highest BCUT2D eigenvalue weighted by Crippen LogP contribution is 2.35. The summed E-state index contributed by atoms with van der Waals surface area (Å²) in [6.07, 6.45) is 3.04. The fourth-order valence-electron chi connectivity index (χ4n) is 2.73. The van der Waals surface area contributed by atoms with Crippen LogP contribution in [0, 0.1) is 20.2 Å². The zero-order valence-corrected chi connectivity index (χ0v) is 15.3. The Labute approximate surface area is 160 Å². The molecule has 2 aromatic carbocycles. The molecule has 0 bridgehead atoms. The van der Waals surface area contributed by atoms with Crippen molar-refractivity contribution < 1.29 is 9.85 Å². The maximum atomic E-state index is 11.4. The van der Waals surface area contributed by atoms with Gasteiger partial charge >= 0.3 is 0 Å². The second-order valence-electron chi connectivity index (χ2n) is 5.70. The van der Waals surface area contributed by atoms with E-state index in [0.717, 1.165) is 36.5 Å². The number of hydrogen-bond acceptors (Lipinski definition) is 6. The summed E-state index contributed by atoms with van der Waals surface area (Å²) in [6, 6.07) is 9.44. The average Bonchev–Trinajstić information content (AvgIpc) is 2.68. The van der Waals surface area contributed by atoms with Crippen LogP contribution >= 0.6 is 0 Å². The molecule has 0 aliphatic rings. The van der Waals surface area contributed by atoms with Crippen LogP contribution in [0.15, 0.2) is 41.5 Å². The highest BCUT2D eigenvalue weighted by atomic mass is 16.6. The predicted octanol–water partition coefficient (Wildman–Crippen LogP) is 5.46. The van der Waals surface area contributed by atoms with Gasteiger partial charge in [-0.25, -0.2) is 0 Å². The molecule has 0 atom stereocenters. The summed E-state index contributed by atoms with van der Waals surface area (Å²) in [6.45, 7) is 5.86. The third-order valence-corrected chi connectivity index (χ3v) is 4.15. The van der Waals surface area contributed by atoms with Crippen LogP contribution in [0.25, 0.3) is 22.6 Å². The SMILES string of the molecule is CCN(CC)c1ccc(/C=C/c2c(N=[N+]=[N-])cc([N+](=O)[O-])cc2[N+](=O)[O-])cc1. The minimum absolute atomic E-state index is 0.00113. The molecule has 0 fully saturated rings. The highest BCUT2D eigenvalue weighted by Gasteiger charge is 2.22. The first-order valence-corrected chi connectivity index (χ1v) is 8.46. The van der Waals surface area contributed by atoms with E-state index >= 15 is 0 Å². The Kier molecular flexibility index (Phi) is 6.67. The number of rotatable bonds is 8. The molecule has 0 unspecified atom stereocenters. The quantitative estimate of drug-likeness (QED) is 0.149. The molecular weight excluding hydrogens is 364 g/mol. The van der Waals surface area contributed by atoms with Gasteiger partial charge in [0.1, 0.15) is 0 Å². The van der Waals surface area contributed by atoms with Gasteiger partial charge in [0.25, 0.3) is 11.4 Å². The lowest BCUT2D eigenvalue weighted by atomic mass is 10.1. The molecule has 0 saturated carbocycles. The predicted molar refractivity (Wildman–Crippen MR) is 107 cm³/mol. The van der Waals surface area contributed by atoms with Crippen molar-refractivity contribution in [1.82, 2.24) is 0 Å². The lowest BCUT2D eigenvalue weighted by molar-refractivity contribution is -0.394. The normalized spacial score (nSPS) is 10.5. The first-order chi connectivity index (χ1) is 13.4. The maximum absolute atomic E-state index is 11.4. The molecule has 10 heteroatoms. The topological polar surface area (TPSA) is 138 Å². The standard InChI is InChI=1S/C18H18N6O4/c1-3-22(4-2)14-8-5-13(6-9-14)7-10-16-17(20-21-19)11-15(23(25)26)12-18(16)24(27)28/h5-12H,3-4H2,1-2H3/b10-7+. The van der Waals surface area contributed by atoms with Crippen LogP contribution in [0.5, 0.6) is 0 Å². The van der Waals surface area contributed by atoms with Gasteiger partial charge in [-0.15, -0.1) is 0 Å². The van der Waals surface area contributed by atoms with Crippen LogP contribution in [0.3, 0.4) is 0 Å². The van der Waals surface area contributed by atoms with Crippen LogP contribution in [0.2, 0.25) is 0 Å². The number of azide groups is 1. The van der Waals surface area contributed by atoms with Gasteiger partial charge in [-0.2, -0.15) is 0 Å². The summed E-state index contributed by atoms with van der Waals surface area (Å²) in [5.41, 5.74) is 9.33. The summed E-state index contributed by atoms with van der Waals surface area (Å²) in [5.74, 6) is 0. The van der Waals surface area contributed by atoms with Crippen LogP contribution in [0.1, 0.15) is 25.0 Å². The number of nitrogens with zero attached hydrogens (tertiary/aromatic N) is 6. The molecule has 0 saturated heterocycles. The Bertz CT molecular complexity index is 938. The number of non-ortho nitro benzene ring substituents is 1. The van der Waals surface area contributed by atoms with Crippen molar-refractivity contribution in [3.05, 3.63) is 78.2 Å². The molecule has 0 radical (unpaired) electrons. The summed E-state index contributed by atoms with van der Waals surface area (Å²) in [7, 11) is 0. The first-order valence-electron chi connectivity index (χ1n) is 8.46. The molecule has 10 nitrogen and oxygen atoms in total. The molecule has 0 aliphatic heterocycles. The number of hydrogen-bond donors (Lipinski definition) is 0. The molecule has 0 aromatic heterocycles. The minimum Gasteiger partial charge on any atom is -0.372 e. The first kappa shape index (κ1) is 20.4. The molecule has 0 amide bonds. The Balaban J connectivity index is 2.48. The van der Waals surface area contributed by atoms with E-state index < -0.39 is 21.2 Å². The van der Waals surface area contributed by atoms with Crippen molar-refractivity contribution in [2.45, 2.75) is 13.8 Å². The molecule has 144 valence electrons. The lowest BCUT2D eigenvalue weighted by Crippen LogP contribution is -2.21.